The molecule has 0 fully saturated rings. The molecule has 0 aliphatic heterocycles. The fraction of sp³-hybridized carbons (Fsp3) is 0.0732. The first-order valence-electron chi connectivity index (χ1n) is 15.0. The van der Waals surface area contributed by atoms with Gasteiger partial charge in [-0.2, -0.15) is 0 Å². The van der Waals surface area contributed by atoms with Crippen molar-refractivity contribution in [3.8, 4) is 0 Å². The van der Waals surface area contributed by atoms with Gasteiger partial charge in [0.25, 0.3) is 0 Å². The minimum atomic E-state index is -0.0254. The normalized spacial score (nSPS) is 11.7. The highest BCUT2D eigenvalue weighted by Crippen LogP contribution is 2.45. The molecule has 0 aliphatic carbocycles. The molecule has 0 atom stereocenters. The number of fused-ring (bicyclic) bond motifs is 3. The van der Waals surface area contributed by atoms with Crippen LogP contribution < -0.4 is 4.90 Å². The van der Waals surface area contributed by atoms with Gasteiger partial charge in [0.15, 0.2) is 0 Å². The molecule has 7 aromatic carbocycles. The van der Waals surface area contributed by atoms with Crippen molar-refractivity contribution in [1.82, 2.24) is 0 Å². The highest BCUT2D eigenvalue weighted by molar-refractivity contribution is 6.18. The van der Waals surface area contributed by atoms with Crippen molar-refractivity contribution >= 4 is 55.5 Å². The largest absolute Gasteiger partial charge is 0.494 e. The predicted octanol–water partition coefficient (Wildman–Crippen LogP) is 10.7. The lowest BCUT2D eigenvalue weighted by Gasteiger charge is -2.29. The van der Waals surface area contributed by atoms with E-state index in [1.807, 2.05) is 19.1 Å². The first-order valence-corrected chi connectivity index (χ1v) is 15.0. The van der Waals surface area contributed by atoms with E-state index in [4.69, 9.17) is 4.74 Å². The number of hydrogen-bond acceptors (Lipinski definition) is 3. The van der Waals surface area contributed by atoms with Gasteiger partial charge in [-0.15, -0.1) is 0 Å². The number of allylic oxidation sites excluding steroid dienone is 1. The molecular weight excluding hydrogens is 538 g/mol. The van der Waals surface area contributed by atoms with Crippen LogP contribution in [0.3, 0.4) is 0 Å². The van der Waals surface area contributed by atoms with Gasteiger partial charge in [-0.1, -0.05) is 109 Å². The second-order valence-electron chi connectivity index (χ2n) is 11.0. The Kier molecular flexibility index (Phi) is 7.54. The number of hydrogen-bond donors (Lipinski definition) is 1. The molecule has 3 nitrogen and oxygen atoms in total. The summed E-state index contributed by atoms with van der Waals surface area (Å²) in [5.74, 6) is 0.813. The summed E-state index contributed by atoms with van der Waals surface area (Å²) < 4.78 is 6.38. The van der Waals surface area contributed by atoms with Gasteiger partial charge >= 0.3 is 0 Å². The van der Waals surface area contributed by atoms with Crippen molar-refractivity contribution in [3.63, 3.8) is 0 Å². The maximum absolute atomic E-state index is 10.1. The van der Waals surface area contributed by atoms with Crippen LogP contribution in [-0.4, -0.2) is 5.11 Å². The van der Waals surface area contributed by atoms with E-state index in [0.29, 0.717) is 6.61 Å². The number of aliphatic hydroxyl groups excluding tert-OH is 1. The first kappa shape index (κ1) is 27.5. The van der Waals surface area contributed by atoms with Crippen LogP contribution in [-0.2, 0) is 18.0 Å². The maximum Gasteiger partial charge on any atom is 0.113 e. The first-order chi connectivity index (χ1) is 21.7. The van der Waals surface area contributed by atoms with Gasteiger partial charge in [-0.05, 0) is 87.6 Å². The molecule has 0 saturated carbocycles. The molecule has 0 unspecified atom stereocenters. The molecule has 7 aromatic rings. The lowest BCUT2D eigenvalue weighted by atomic mass is 9.93. The van der Waals surface area contributed by atoms with Crippen molar-refractivity contribution in [2.24, 2.45) is 0 Å². The van der Waals surface area contributed by atoms with Crippen LogP contribution in [0.5, 0.6) is 0 Å². The van der Waals surface area contributed by atoms with Crippen LogP contribution in [0.2, 0.25) is 0 Å². The lowest BCUT2D eigenvalue weighted by Crippen LogP contribution is -2.11. The van der Waals surface area contributed by atoms with Crippen molar-refractivity contribution in [2.45, 2.75) is 20.1 Å². The number of rotatable bonds is 8. The summed E-state index contributed by atoms with van der Waals surface area (Å²) in [6, 6.07) is 50.8. The minimum absolute atomic E-state index is 0.0254. The topological polar surface area (TPSA) is 32.7 Å². The molecule has 1 N–H and O–H groups in total. The van der Waals surface area contributed by atoms with Crippen LogP contribution in [0.25, 0.3) is 38.4 Å². The number of anilines is 3. The molecule has 0 bridgehead atoms. The molecule has 0 heterocycles. The lowest BCUT2D eigenvalue weighted by molar-refractivity contribution is 0.199. The Balaban J connectivity index is 1.36. The van der Waals surface area contributed by atoms with Crippen LogP contribution >= 0.6 is 0 Å². The Morgan fingerprint density at radius 2 is 1.05 bits per heavy atom. The Bertz CT molecular complexity index is 2020. The van der Waals surface area contributed by atoms with Crippen LogP contribution in [0.15, 0.2) is 151 Å². The summed E-state index contributed by atoms with van der Waals surface area (Å²) in [5.41, 5.74) is 6.36. The number of benzene rings is 7. The van der Waals surface area contributed by atoms with Gasteiger partial charge < -0.3 is 14.7 Å². The second-order valence-corrected chi connectivity index (χ2v) is 11.0. The average molecular weight is 572 g/mol. The molecule has 0 spiro atoms. The molecule has 0 radical (unpaired) electrons. The standard InChI is InChI=1S/C41H33NO2/c1-29(44-28-33-26-31-15-9-8-14-30(31)25-32(33)27-43)24-40-36-20-10-12-22-38(36)41(39-23-13-11-21-37(39)40)42(34-16-4-2-5-17-34)35-18-6-3-7-19-35/h2-26,43H,27-28H2,1H3. The van der Waals surface area contributed by atoms with E-state index >= 15 is 0 Å². The smallest absolute Gasteiger partial charge is 0.113 e. The van der Waals surface area contributed by atoms with Gasteiger partial charge in [0.2, 0.25) is 0 Å². The van der Waals surface area contributed by atoms with Crippen molar-refractivity contribution in [2.75, 3.05) is 4.90 Å². The Morgan fingerprint density at radius 1 is 0.591 bits per heavy atom. The summed E-state index contributed by atoms with van der Waals surface area (Å²) in [6.07, 6.45) is 2.16. The molecule has 214 valence electrons. The quantitative estimate of drug-likeness (QED) is 0.145. The van der Waals surface area contributed by atoms with Crippen molar-refractivity contribution in [3.05, 3.63) is 168 Å². The molecule has 0 aromatic heterocycles. The molecular formula is C41H33NO2. The van der Waals surface area contributed by atoms with Gasteiger partial charge in [-0.3, -0.25) is 0 Å². The van der Waals surface area contributed by atoms with Gasteiger partial charge in [0.05, 0.1) is 18.1 Å². The molecule has 44 heavy (non-hydrogen) atoms. The van der Waals surface area contributed by atoms with Crippen LogP contribution in [0.4, 0.5) is 17.1 Å². The summed E-state index contributed by atoms with van der Waals surface area (Å²) in [4.78, 5) is 2.36. The monoisotopic (exact) mass is 571 g/mol. The third-order valence-corrected chi connectivity index (χ3v) is 8.24. The molecule has 0 amide bonds. The number of aliphatic hydroxyl groups is 1. The van der Waals surface area contributed by atoms with E-state index in [-0.39, 0.29) is 6.61 Å². The second kappa shape index (κ2) is 12.1. The molecule has 3 heteroatoms. The van der Waals surface area contributed by atoms with Crippen LogP contribution in [0, 0.1) is 0 Å². The van der Waals surface area contributed by atoms with Gasteiger partial charge in [0, 0.05) is 22.1 Å². The summed E-state index contributed by atoms with van der Waals surface area (Å²) in [5, 5.41) is 17.0. The highest BCUT2D eigenvalue weighted by atomic mass is 16.5. The van der Waals surface area contributed by atoms with E-state index in [1.54, 1.807) is 0 Å². The number of ether oxygens (including phenoxy) is 1. The Labute approximate surface area is 257 Å². The van der Waals surface area contributed by atoms with Crippen molar-refractivity contribution < 1.29 is 9.84 Å². The summed E-state index contributed by atoms with van der Waals surface area (Å²) in [6.45, 7) is 2.37. The molecule has 0 saturated heterocycles. The summed E-state index contributed by atoms with van der Waals surface area (Å²) >= 11 is 0. The fourth-order valence-corrected chi connectivity index (χ4v) is 6.15. The zero-order valence-corrected chi connectivity index (χ0v) is 24.7. The highest BCUT2D eigenvalue weighted by Gasteiger charge is 2.20. The Hall–Kier alpha value is -5.38. The average Bonchev–Trinajstić information content (AvgIpc) is 3.09. The number of para-hydroxylation sites is 2. The maximum atomic E-state index is 10.1. The minimum Gasteiger partial charge on any atom is -0.494 e. The zero-order chi connectivity index (χ0) is 29.9. The van der Waals surface area contributed by atoms with Crippen LogP contribution in [0.1, 0.15) is 23.6 Å². The molecule has 7 rings (SSSR count). The third kappa shape index (κ3) is 5.19. The van der Waals surface area contributed by atoms with E-state index in [9.17, 15) is 5.11 Å². The molecule has 0 aliphatic rings. The van der Waals surface area contributed by atoms with Crippen molar-refractivity contribution in [1.29, 1.82) is 0 Å². The van der Waals surface area contributed by atoms with E-state index in [0.717, 1.165) is 71.8 Å². The SMILES string of the molecule is CC(=Cc1c2ccccc2c(N(c2ccccc2)c2ccccc2)c2ccccc12)OCc1cc2ccccc2cc1CO. The van der Waals surface area contributed by atoms with Gasteiger partial charge in [-0.25, -0.2) is 0 Å². The zero-order valence-electron chi connectivity index (χ0n) is 24.7. The third-order valence-electron chi connectivity index (χ3n) is 8.24. The van der Waals surface area contributed by atoms with E-state index in [2.05, 4.69) is 144 Å². The fourth-order valence-electron chi connectivity index (χ4n) is 6.15. The summed E-state index contributed by atoms with van der Waals surface area (Å²) in [7, 11) is 0. The number of nitrogens with zero attached hydrogens (tertiary/aromatic N) is 1. The Morgan fingerprint density at radius 3 is 1.57 bits per heavy atom. The van der Waals surface area contributed by atoms with E-state index in [1.165, 1.54) is 0 Å². The predicted molar refractivity (Wildman–Crippen MR) is 184 cm³/mol. The van der Waals surface area contributed by atoms with Gasteiger partial charge in [0.1, 0.15) is 6.61 Å². The van der Waals surface area contributed by atoms with E-state index < -0.39 is 0 Å².